The number of carbonyl (C=O) groups is 1. The van der Waals surface area contributed by atoms with Gasteiger partial charge in [0.15, 0.2) is 0 Å². The van der Waals surface area contributed by atoms with Crippen LogP contribution in [0, 0.1) is 12.8 Å². The van der Waals surface area contributed by atoms with Crippen molar-refractivity contribution in [1.29, 1.82) is 0 Å². The lowest BCUT2D eigenvalue weighted by molar-refractivity contribution is -0.125. The van der Waals surface area contributed by atoms with Crippen molar-refractivity contribution in [3.8, 4) is 0 Å². The van der Waals surface area contributed by atoms with Crippen molar-refractivity contribution >= 4 is 5.91 Å². The molecule has 1 amide bonds. The van der Waals surface area contributed by atoms with E-state index in [-0.39, 0.29) is 29.5 Å². The number of rotatable bonds is 3. The van der Waals surface area contributed by atoms with Crippen LogP contribution < -0.4 is 10.9 Å². The van der Waals surface area contributed by atoms with E-state index < -0.39 is 0 Å². The van der Waals surface area contributed by atoms with E-state index in [1.807, 2.05) is 6.92 Å². The summed E-state index contributed by atoms with van der Waals surface area (Å²) in [5, 5.41) is 7.48. The van der Waals surface area contributed by atoms with Gasteiger partial charge < -0.3 is 10.1 Å². The van der Waals surface area contributed by atoms with Crippen LogP contribution >= 0.6 is 0 Å². The van der Waals surface area contributed by atoms with E-state index in [1.165, 1.54) is 0 Å². The molecule has 2 heterocycles. The Balaban J connectivity index is 1.55. The van der Waals surface area contributed by atoms with Crippen molar-refractivity contribution in [3.63, 3.8) is 0 Å². The number of nitrogens with one attached hydrogen (secondary N) is 1. The average molecular weight is 305 g/mol. The minimum Gasteiger partial charge on any atom is -0.381 e. The number of amides is 1. The molecule has 0 aromatic carbocycles. The molecule has 6 nitrogen and oxygen atoms in total. The summed E-state index contributed by atoms with van der Waals surface area (Å²) in [4.78, 5) is 24.0. The zero-order valence-electron chi connectivity index (χ0n) is 13.0. The molecule has 1 saturated carbocycles. The first kappa shape index (κ1) is 15.2. The molecule has 0 radical (unpaired) electrons. The Kier molecular flexibility index (Phi) is 4.57. The molecule has 1 unspecified atom stereocenters. The van der Waals surface area contributed by atoms with E-state index in [2.05, 4.69) is 10.4 Å². The SMILES string of the molecule is Cc1ccc(=O)n(C2CCC(NC(=O)C3CCOC3)CC2)n1. The summed E-state index contributed by atoms with van der Waals surface area (Å²) in [5.41, 5.74) is 0.817. The molecule has 1 saturated heterocycles. The number of hydrogen-bond donors (Lipinski definition) is 1. The summed E-state index contributed by atoms with van der Waals surface area (Å²) in [6, 6.07) is 3.69. The standard InChI is InChI=1S/C16H23N3O3/c1-11-2-7-15(20)19(18-11)14-5-3-13(4-6-14)17-16(21)12-8-9-22-10-12/h2,7,12-14H,3-6,8-10H2,1H3,(H,17,21). The van der Waals surface area contributed by atoms with Crippen LogP contribution in [0.25, 0.3) is 0 Å². The lowest BCUT2D eigenvalue weighted by atomic mass is 9.90. The Morgan fingerprint density at radius 1 is 1.27 bits per heavy atom. The smallest absolute Gasteiger partial charge is 0.267 e. The number of carbonyl (C=O) groups excluding carboxylic acids is 1. The lowest BCUT2D eigenvalue weighted by Crippen LogP contribution is -2.42. The topological polar surface area (TPSA) is 73.2 Å². The van der Waals surface area contributed by atoms with Crippen LogP contribution in [0.4, 0.5) is 0 Å². The number of hydrogen-bond acceptors (Lipinski definition) is 4. The molecule has 120 valence electrons. The van der Waals surface area contributed by atoms with Gasteiger partial charge in [0.25, 0.3) is 5.56 Å². The van der Waals surface area contributed by atoms with E-state index in [1.54, 1.807) is 16.8 Å². The first-order chi connectivity index (χ1) is 10.6. The normalized spacial score (nSPS) is 28.5. The molecular weight excluding hydrogens is 282 g/mol. The van der Waals surface area contributed by atoms with Gasteiger partial charge in [-0.1, -0.05) is 0 Å². The van der Waals surface area contributed by atoms with Crippen LogP contribution in [0.15, 0.2) is 16.9 Å². The van der Waals surface area contributed by atoms with Gasteiger partial charge in [-0.2, -0.15) is 5.10 Å². The summed E-state index contributed by atoms with van der Waals surface area (Å²) < 4.78 is 6.87. The fourth-order valence-electron chi connectivity index (χ4n) is 3.31. The Morgan fingerprint density at radius 2 is 2.05 bits per heavy atom. The molecule has 6 heteroatoms. The zero-order chi connectivity index (χ0) is 15.5. The highest BCUT2D eigenvalue weighted by molar-refractivity contribution is 5.79. The molecule has 2 aliphatic rings. The molecule has 1 aliphatic heterocycles. The first-order valence-electron chi connectivity index (χ1n) is 8.08. The van der Waals surface area contributed by atoms with Crippen molar-refractivity contribution < 1.29 is 9.53 Å². The van der Waals surface area contributed by atoms with Crippen molar-refractivity contribution in [3.05, 3.63) is 28.2 Å². The summed E-state index contributed by atoms with van der Waals surface area (Å²) >= 11 is 0. The second kappa shape index (κ2) is 6.60. The third kappa shape index (κ3) is 3.38. The minimum atomic E-state index is -0.0406. The van der Waals surface area contributed by atoms with Gasteiger partial charge in [0, 0.05) is 18.7 Å². The minimum absolute atomic E-state index is 0.0128. The predicted molar refractivity (Wildman–Crippen MR) is 81.6 cm³/mol. The summed E-state index contributed by atoms with van der Waals surface area (Å²) in [6.07, 6.45) is 4.37. The van der Waals surface area contributed by atoms with E-state index in [4.69, 9.17) is 4.74 Å². The van der Waals surface area contributed by atoms with Gasteiger partial charge in [-0.05, 0) is 45.1 Å². The Morgan fingerprint density at radius 3 is 2.73 bits per heavy atom. The highest BCUT2D eigenvalue weighted by Gasteiger charge is 2.28. The fraction of sp³-hybridized carbons (Fsp3) is 0.688. The van der Waals surface area contributed by atoms with Crippen LogP contribution in [-0.4, -0.2) is 34.9 Å². The number of aryl methyl sites for hydroxylation is 1. The van der Waals surface area contributed by atoms with Gasteiger partial charge in [-0.3, -0.25) is 9.59 Å². The van der Waals surface area contributed by atoms with Crippen molar-refractivity contribution in [1.82, 2.24) is 15.1 Å². The fourth-order valence-corrected chi connectivity index (χ4v) is 3.31. The molecule has 1 N–H and O–H groups in total. The summed E-state index contributed by atoms with van der Waals surface area (Å²) in [5.74, 6) is 0.130. The van der Waals surface area contributed by atoms with Crippen molar-refractivity contribution in [2.45, 2.75) is 51.1 Å². The van der Waals surface area contributed by atoms with Crippen molar-refractivity contribution in [2.75, 3.05) is 13.2 Å². The molecule has 1 atom stereocenters. The van der Waals surface area contributed by atoms with E-state index in [0.29, 0.717) is 13.2 Å². The Bertz CT molecular complexity index is 585. The lowest BCUT2D eigenvalue weighted by Gasteiger charge is -2.30. The van der Waals surface area contributed by atoms with Crippen LogP contribution in [0.5, 0.6) is 0 Å². The first-order valence-corrected chi connectivity index (χ1v) is 8.08. The summed E-state index contributed by atoms with van der Waals surface area (Å²) in [6.45, 7) is 3.13. The maximum atomic E-state index is 12.1. The zero-order valence-corrected chi connectivity index (χ0v) is 13.0. The quantitative estimate of drug-likeness (QED) is 0.910. The van der Waals surface area contributed by atoms with Gasteiger partial charge in [-0.25, -0.2) is 4.68 Å². The molecule has 1 aromatic heterocycles. The number of aromatic nitrogens is 2. The van der Waals surface area contributed by atoms with E-state index >= 15 is 0 Å². The Labute approximate surface area is 129 Å². The molecule has 3 rings (SSSR count). The van der Waals surface area contributed by atoms with Gasteiger partial charge in [-0.15, -0.1) is 0 Å². The van der Waals surface area contributed by atoms with Crippen LogP contribution in [0.3, 0.4) is 0 Å². The Hall–Kier alpha value is -1.69. The number of nitrogens with zero attached hydrogens (tertiary/aromatic N) is 2. The average Bonchev–Trinajstić information content (AvgIpc) is 3.05. The monoisotopic (exact) mass is 305 g/mol. The molecule has 1 aromatic rings. The molecule has 22 heavy (non-hydrogen) atoms. The third-order valence-corrected chi connectivity index (χ3v) is 4.65. The van der Waals surface area contributed by atoms with Crippen LogP contribution in [0.2, 0.25) is 0 Å². The van der Waals surface area contributed by atoms with Gasteiger partial charge in [0.2, 0.25) is 5.91 Å². The van der Waals surface area contributed by atoms with Crippen molar-refractivity contribution in [2.24, 2.45) is 5.92 Å². The maximum Gasteiger partial charge on any atom is 0.267 e. The van der Waals surface area contributed by atoms with E-state index in [9.17, 15) is 9.59 Å². The predicted octanol–water partition coefficient (Wildman–Crippen LogP) is 1.19. The number of ether oxygens (including phenoxy) is 1. The highest BCUT2D eigenvalue weighted by atomic mass is 16.5. The molecule has 0 spiro atoms. The molecule has 2 fully saturated rings. The molecular formula is C16H23N3O3. The second-order valence-electron chi connectivity index (χ2n) is 6.33. The van der Waals surface area contributed by atoms with Gasteiger partial charge in [0.1, 0.15) is 0 Å². The summed E-state index contributed by atoms with van der Waals surface area (Å²) in [7, 11) is 0. The van der Waals surface area contributed by atoms with Crippen LogP contribution in [0.1, 0.15) is 43.8 Å². The largest absolute Gasteiger partial charge is 0.381 e. The van der Waals surface area contributed by atoms with Gasteiger partial charge in [0.05, 0.1) is 24.3 Å². The molecule has 1 aliphatic carbocycles. The van der Waals surface area contributed by atoms with Gasteiger partial charge >= 0.3 is 0 Å². The molecule has 0 bridgehead atoms. The second-order valence-corrected chi connectivity index (χ2v) is 6.33. The van der Waals surface area contributed by atoms with Crippen LogP contribution in [-0.2, 0) is 9.53 Å². The van der Waals surface area contributed by atoms with E-state index in [0.717, 1.165) is 37.8 Å². The highest BCUT2D eigenvalue weighted by Crippen LogP contribution is 2.27. The maximum absolute atomic E-state index is 12.1. The third-order valence-electron chi connectivity index (χ3n) is 4.65.